The van der Waals surface area contributed by atoms with Gasteiger partial charge in [-0.3, -0.25) is 9.69 Å². The summed E-state index contributed by atoms with van der Waals surface area (Å²) in [6, 6.07) is 6.39. The number of morpholine rings is 1. The number of imidazole rings is 1. The molecule has 0 atom stereocenters. The van der Waals surface area contributed by atoms with Gasteiger partial charge < -0.3 is 9.72 Å². The highest BCUT2D eigenvalue weighted by Gasteiger charge is 2.18. The summed E-state index contributed by atoms with van der Waals surface area (Å²) in [4.78, 5) is 22.3. The molecule has 5 heteroatoms. The number of allylic oxidation sites excluding steroid dienone is 2. The summed E-state index contributed by atoms with van der Waals surface area (Å²) in [5, 5.41) is 0. The Bertz CT molecular complexity index is 1040. The summed E-state index contributed by atoms with van der Waals surface area (Å²) in [6.45, 7) is 8.62. The first-order valence-corrected chi connectivity index (χ1v) is 11.0. The number of rotatable bonds is 7. The number of Topliss-reactive ketones (excluding diaryl/α,β-unsaturated/α-hetero) is 1. The highest BCUT2D eigenvalue weighted by atomic mass is 16.5. The average Bonchev–Trinajstić information content (AvgIpc) is 3.30. The van der Waals surface area contributed by atoms with Crippen LogP contribution in [0.4, 0.5) is 0 Å². The number of H-pyrrole nitrogens is 1. The third-order valence-electron chi connectivity index (χ3n) is 6.02. The molecule has 0 radical (unpaired) electrons. The first-order chi connectivity index (χ1) is 15.1. The third kappa shape index (κ3) is 5.22. The van der Waals surface area contributed by atoms with Crippen molar-refractivity contribution in [3.8, 4) is 12.3 Å². The molecule has 160 valence electrons. The first-order valence-electron chi connectivity index (χ1n) is 11.0. The largest absolute Gasteiger partial charge is 0.379 e. The summed E-state index contributed by atoms with van der Waals surface area (Å²) in [5.74, 6) is 2.74. The Morgan fingerprint density at radius 2 is 2.13 bits per heavy atom. The fraction of sp³-hybridized carbons (Fsp3) is 0.385. The Kier molecular flexibility index (Phi) is 6.81. The molecule has 0 unspecified atom stereocenters. The lowest BCUT2D eigenvalue weighted by Crippen LogP contribution is -2.37. The number of aromatic nitrogens is 2. The minimum atomic E-state index is -0.0564. The molecule has 0 amide bonds. The second-order valence-electron chi connectivity index (χ2n) is 8.23. The van der Waals surface area contributed by atoms with Gasteiger partial charge in [0.15, 0.2) is 5.82 Å². The van der Waals surface area contributed by atoms with Gasteiger partial charge in [0, 0.05) is 26.1 Å². The van der Waals surface area contributed by atoms with Crippen LogP contribution in [-0.2, 0) is 11.2 Å². The van der Waals surface area contributed by atoms with Gasteiger partial charge in [0.25, 0.3) is 0 Å². The van der Waals surface area contributed by atoms with Crippen LogP contribution in [0.25, 0.3) is 11.1 Å². The van der Waals surface area contributed by atoms with Crippen LogP contribution in [0.2, 0.25) is 0 Å². The van der Waals surface area contributed by atoms with E-state index in [4.69, 9.17) is 11.2 Å². The highest BCUT2D eigenvalue weighted by molar-refractivity contribution is 5.95. The number of nitrogens with zero attached hydrogens (tertiary/aromatic N) is 2. The number of aromatic amines is 1. The maximum atomic E-state index is 12.8. The molecule has 2 heterocycles. The zero-order chi connectivity index (χ0) is 21.6. The molecule has 0 bridgehead atoms. The second kappa shape index (κ2) is 9.91. The van der Waals surface area contributed by atoms with Crippen LogP contribution in [0, 0.1) is 12.3 Å². The molecule has 0 spiro atoms. The molecule has 1 aliphatic carbocycles. The molecular weight excluding hydrogens is 386 g/mol. The Morgan fingerprint density at radius 3 is 2.84 bits per heavy atom. The zero-order valence-electron chi connectivity index (χ0n) is 18.0. The summed E-state index contributed by atoms with van der Waals surface area (Å²) in [7, 11) is 0. The number of carbonyl (C=O) groups excluding carboxylic acids is 1. The van der Waals surface area contributed by atoms with Crippen molar-refractivity contribution in [1.29, 1.82) is 0 Å². The zero-order valence-corrected chi connectivity index (χ0v) is 18.0. The molecule has 1 fully saturated rings. The fourth-order valence-electron chi connectivity index (χ4n) is 4.25. The summed E-state index contributed by atoms with van der Waals surface area (Å²) < 4.78 is 5.45. The molecule has 1 aromatic carbocycles. The minimum Gasteiger partial charge on any atom is -0.379 e. The van der Waals surface area contributed by atoms with Gasteiger partial charge in [-0.15, -0.1) is 6.42 Å². The molecule has 1 N–H and O–H groups in total. The van der Waals surface area contributed by atoms with E-state index >= 15 is 0 Å². The van der Waals surface area contributed by atoms with Gasteiger partial charge in [-0.2, -0.15) is 0 Å². The van der Waals surface area contributed by atoms with E-state index in [1.165, 1.54) is 24.6 Å². The number of terminal acetylenes is 1. The molecule has 5 nitrogen and oxygen atoms in total. The van der Waals surface area contributed by atoms with Crippen molar-refractivity contribution in [1.82, 2.24) is 14.9 Å². The van der Waals surface area contributed by atoms with E-state index in [1.807, 2.05) is 0 Å². The van der Waals surface area contributed by atoms with Gasteiger partial charge in [-0.1, -0.05) is 30.7 Å². The number of carbonyl (C=O) groups is 1. The van der Waals surface area contributed by atoms with Crippen molar-refractivity contribution in [2.75, 3.05) is 32.8 Å². The van der Waals surface area contributed by atoms with Gasteiger partial charge in [-0.25, -0.2) is 4.98 Å². The van der Waals surface area contributed by atoms with Crippen molar-refractivity contribution < 1.29 is 9.53 Å². The SMILES string of the molecule is C#Cc1cnc(C(=O)Cc2ccc(C(=C)CN3CCOCC3)cc2C2=CCCCC2)[nH]1. The number of hydrogen-bond donors (Lipinski definition) is 1. The lowest BCUT2D eigenvalue weighted by atomic mass is 9.87. The topological polar surface area (TPSA) is 58.2 Å². The number of hydrogen-bond acceptors (Lipinski definition) is 4. The lowest BCUT2D eigenvalue weighted by molar-refractivity contribution is 0.0444. The average molecular weight is 416 g/mol. The lowest BCUT2D eigenvalue weighted by Gasteiger charge is -2.27. The van der Waals surface area contributed by atoms with Gasteiger partial charge in [0.1, 0.15) is 5.69 Å². The summed E-state index contributed by atoms with van der Waals surface area (Å²) in [6.07, 6.45) is 14.1. The van der Waals surface area contributed by atoms with Crippen LogP contribution >= 0.6 is 0 Å². The Hall–Kier alpha value is -2.94. The Labute approximate surface area is 184 Å². The van der Waals surface area contributed by atoms with E-state index in [9.17, 15) is 4.79 Å². The second-order valence-corrected chi connectivity index (χ2v) is 8.23. The van der Waals surface area contributed by atoms with Crippen LogP contribution in [0.15, 0.2) is 37.1 Å². The Morgan fingerprint density at radius 1 is 1.29 bits per heavy atom. The van der Waals surface area contributed by atoms with Crippen molar-refractivity contribution in [3.05, 3.63) is 65.3 Å². The Balaban J connectivity index is 1.58. The van der Waals surface area contributed by atoms with Crippen LogP contribution in [-0.4, -0.2) is 53.5 Å². The fourth-order valence-corrected chi connectivity index (χ4v) is 4.25. The highest BCUT2D eigenvalue weighted by Crippen LogP contribution is 2.32. The number of benzene rings is 1. The van der Waals surface area contributed by atoms with E-state index in [0.29, 0.717) is 17.9 Å². The smallest absolute Gasteiger partial charge is 0.202 e. The van der Waals surface area contributed by atoms with Crippen molar-refractivity contribution in [3.63, 3.8) is 0 Å². The van der Waals surface area contributed by atoms with Crippen LogP contribution in [0.1, 0.15) is 58.7 Å². The first kappa shape index (κ1) is 21.3. The van der Waals surface area contributed by atoms with Crippen molar-refractivity contribution in [2.24, 2.45) is 0 Å². The maximum Gasteiger partial charge on any atom is 0.202 e. The summed E-state index contributed by atoms with van der Waals surface area (Å²) >= 11 is 0. The monoisotopic (exact) mass is 415 g/mol. The number of ether oxygens (including phenoxy) is 1. The molecule has 2 aromatic rings. The predicted molar refractivity (Wildman–Crippen MR) is 124 cm³/mol. The number of ketones is 1. The van der Waals surface area contributed by atoms with Gasteiger partial charge in [0.05, 0.1) is 19.4 Å². The standard InChI is InChI=1S/C26H29N3O2/c1-3-23-17-27-26(28-23)25(30)16-22-10-9-21(15-24(22)20-7-5-4-6-8-20)19(2)18-29-11-13-31-14-12-29/h1,7,9-10,15,17H,2,4-6,8,11-14,16,18H2,(H,27,28). The maximum absolute atomic E-state index is 12.8. The van der Waals surface area contributed by atoms with E-state index in [-0.39, 0.29) is 5.78 Å². The van der Waals surface area contributed by atoms with Crippen LogP contribution in [0.5, 0.6) is 0 Å². The molecule has 0 saturated carbocycles. The van der Waals surface area contributed by atoms with E-state index in [2.05, 4.69) is 51.6 Å². The van der Waals surface area contributed by atoms with Gasteiger partial charge >= 0.3 is 0 Å². The van der Waals surface area contributed by atoms with Crippen LogP contribution < -0.4 is 0 Å². The quantitative estimate of drug-likeness (QED) is 0.546. The molecule has 1 aliphatic heterocycles. The van der Waals surface area contributed by atoms with Crippen molar-refractivity contribution in [2.45, 2.75) is 32.1 Å². The van der Waals surface area contributed by atoms with E-state index in [0.717, 1.165) is 68.0 Å². The number of nitrogens with one attached hydrogen (secondary N) is 1. The molecule has 1 aromatic heterocycles. The summed E-state index contributed by atoms with van der Waals surface area (Å²) in [5.41, 5.74) is 6.28. The molecular formula is C26H29N3O2. The van der Waals surface area contributed by atoms with Gasteiger partial charge in [-0.05, 0) is 59.6 Å². The molecule has 2 aliphatic rings. The van der Waals surface area contributed by atoms with Gasteiger partial charge in [0.2, 0.25) is 5.78 Å². The molecule has 31 heavy (non-hydrogen) atoms. The van der Waals surface area contributed by atoms with Crippen molar-refractivity contribution >= 4 is 16.9 Å². The van der Waals surface area contributed by atoms with E-state index in [1.54, 1.807) is 0 Å². The van der Waals surface area contributed by atoms with E-state index < -0.39 is 0 Å². The van der Waals surface area contributed by atoms with Crippen LogP contribution in [0.3, 0.4) is 0 Å². The normalized spacial score (nSPS) is 17.1. The molecule has 1 saturated heterocycles. The third-order valence-corrected chi connectivity index (χ3v) is 6.02. The molecule has 4 rings (SSSR count). The minimum absolute atomic E-state index is 0.0564. The predicted octanol–water partition coefficient (Wildman–Crippen LogP) is 4.12.